The van der Waals surface area contributed by atoms with Gasteiger partial charge in [0.05, 0.1) is 0 Å². The Morgan fingerprint density at radius 2 is 2.00 bits per heavy atom. The summed E-state index contributed by atoms with van der Waals surface area (Å²) in [5.74, 6) is -0.258. The Labute approximate surface area is 89.5 Å². The van der Waals surface area contributed by atoms with Crippen molar-refractivity contribution in [2.75, 3.05) is 0 Å². The van der Waals surface area contributed by atoms with E-state index in [-0.39, 0.29) is 11.4 Å². The number of carbonyl (C=O) groups is 1. The standard InChI is InChI=1S/C12H16N2O/c13-11(15)6-5-9-3-1-2-4-10(9)12(14)7-8-12/h1-4H,5-8,14H2,(H2,13,15). The third-order valence-electron chi connectivity index (χ3n) is 2.98. The van der Waals surface area contributed by atoms with Gasteiger partial charge in [0.15, 0.2) is 0 Å². The van der Waals surface area contributed by atoms with E-state index in [9.17, 15) is 4.79 Å². The molecule has 0 unspecified atom stereocenters. The second-order valence-corrected chi connectivity index (χ2v) is 4.28. The number of carbonyl (C=O) groups excluding carboxylic acids is 1. The Morgan fingerprint density at radius 3 is 2.60 bits per heavy atom. The minimum atomic E-state index is -0.258. The van der Waals surface area contributed by atoms with E-state index >= 15 is 0 Å². The van der Waals surface area contributed by atoms with Gasteiger partial charge < -0.3 is 11.5 Å². The van der Waals surface area contributed by atoms with E-state index < -0.39 is 0 Å². The van der Waals surface area contributed by atoms with Crippen LogP contribution in [-0.4, -0.2) is 5.91 Å². The summed E-state index contributed by atoms with van der Waals surface area (Å²) in [7, 11) is 0. The van der Waals surface area contributed by atoms with Crippen LogP contribution in [0.15, 0.2) is 24.3 Å². The van der Waals surface area contributed by atoms with Crippen LogP contribution in [0.2, 0.25) is 0 Å². The molecule has 1 aromatic carbocycles. The first-order chi connectivity index (χ1) is 7.12. The Balaban J connectivity index is 2.19. The van der Waals surface area contributed by atoms with Gasteiger partial charge in [0, 0.05) is 12.0 Å². The lowest BCUT2D eigenvalue weighted by molar-refractivity contribution is -0.117. The molecular formula is C12H16N2O. The summed E-state index contributed by atoms with van der Waals surface area (Å²) in [4.78, 5) is 10.7. The third kappa shape index (κ3) is 2.18. The number of nitrogens with two attached hydrogens (primary N) is 2. The zero-order valence-corrected chi connectivity index (χ0v) is 8.70. The van der Waals surface area contributed by atoms with Crippen molar-refractivity contribution >= 4 is 5.91 Å². The highest BCUT2D eigenvalue weighted by atomic mass is 16.1. The van der Waals surface area contributed by atoms with E-state index in [4.69, 9.17) is 11.5 Å². The van der Waals surface area contributed by atoms with Crippen LogP contribution in [-0.2, 0) is 16.8 Å². The van der Waals surface area contributed by atoms with E-state index in [0.717, 1.165) is 18.4 Å². The summed E-state index contributed by atoms with van der Waals surface area (Å²) >= 11 is 0. The maximum atomic E-state index is 10.7. The van der Waals surface area contributed by atoms with Crippen molar-refractivity contribution in [1.29, 1.82) is 0 Å². The summed E-state index contributed by atoms with van der Waals surface area (Å²) < 4.78 is 0. The van der Waals surface area contributed by atoms with Crippen molar-refractivity contribution in [2.45, 2.75) is 31.2 Å². The van der Waals surface area contributed by atoms with Crippen molar-refractivity contribution in [2.24, 2.45) is 11.5 Å². The highest BCUT2D eigenvalue weighted by Gasteiger charge is 2.41. The van der Waals surface area contributed by atoms with Gasteiger partial charge in [0.25, 0.3) is 0 Å². The predicted molar refractivity (Wildman–Crippen MR) is 59.1 cm³/mol. The molecule has 4 N–H and O–H groups in total. The van der Waals surface area contributed by atoms with Gasteiger partial charge in [-0.25, -0.2) is 0 Å². The molecule has 1 aliphatic rings. The van der Waals surface area contributed by atoms with Gasteiger partial charge in [0.2, 0.25) is 5.91 Å². The number of aryl methyl sites for hydroxylation is 1. The number of rotatable bonds is 4. The Kier molecular flexibility index (Phi) is 2.49. The maximum Gasteiger partial charge on any atom is 0.217 e. The van der Waals surface area contributed by atoms with Gasteiger partial charge in [-0.1, -0.05) is 24.3 Å². The smallest absolute Gasteiger partial charge is 0.217 e. The van der Waals surface area contributed by atoms with E-state index in [1.165, 1.54) is 5.56 Å². The van der Waals surface area contributed by atoms with Crippen LogP contribution in [0.5, 0.6) is 0 Å². The van der Waals surface area contributed by atoms with Crippen LogP contribution in [0.1, 0.15) is 30.4 Å². The highest BCUT2D eigenvalue weighted by molar-refractivity contribution is 5.74. The fourth-order valence-corrected chi connectivity index (χ4v) is 1.89. The Bertz CT molecular complexity index is 383. The van der Waals surface area contributed by atoms with Crippen molar-refractivity contribution in [3.05, 3.63) is 35.4 Å². The molecule has 0 aliphatic heterocycles. The lowest BCUT2D eigenvalue weighted by Crippen LogP contribution is -2.21. The lowest BCUT2D eigenvalue weighted by atomic mass is 9.96. The second-order valence-electron chi connectivity index (χ2n) is 4.28. The number of amides is 1. The van der Waals surface area contributed by atoms with Crippen LogP contribution >= 0.6 is 0 Å². The zero-order chi connectivity index (χ0) is 10.9. The molecule has 0 radical (unpaired) electrons. The first-order valence-corrected chi connectivity index (χ1v) is 5.27. The summed E-state index contributed by atoms with van der Waals surface area (Å²) in [6.07, 6.45) is 3.18. The minimum absolute atomic E-state index is 0.131. The molecule has 3 heteroatoms. The van der Waals surface area contributed by atoms with Gasteiger partial charge in [0.1, 0.15) is 0 Å². The third-order valence-corrected chi connectivity index (χ3v) is 2.98. The molecule has 0 saturated heterocycles. The second kappa shape index (κ2) is 3.66. The van der Waals surface area contributed by atoms with Crippen LogP contribution in [0.25, 0.3) is 0 Å². The van der Waals surface area contributed by atoms with Crippen molar-refractivity contribution in [3.63, 3.8) is 0 Å². The molecule has 2 rings (SSSR count). The molecule has 0 spiro atoms. The molecule has 0 atom stereocenters. The lowest BCUT2D eigenvalue weighted by Gasteiger charge is -2.14. The van der Waals surface area contributed by atoms with Crippen LogP contribution in [0, 0.1) is 0 Å². The molecule has 0 aromatic heterocycles. The largest absolute Gasteiger partial charge is 0.370 e. The molecule has 1 fully saturated rings. The number of benzene rings is 1. The van der Waals surface area contributed by atoms with E-state index in [1.54, 1.807) is 0 Å². The highest BCUT2D eigenvalue weighted by Crippen LogP contribution is 2.44. The van der Waals surface area contributed by atoms with Crippen molar-refractivity contribution in [3.8, 4) is 0 Å². The number of hydrogen-bond acceptors (Lipinski definition) is 2. The molecule has 0 heterocycles. The van der Waals surface area contributed by atoms with Crippen LogP contribution < -0.4 is 11.5 Å². The van der Waals surface area contributed by atoms with Crippen molar-refractivity contribution in [1.82, 2.24) is 0 Å². The summed E-state index contributed by atoms with van der Waals surface area (Å²) in [6, 6.07) is 8.07. The Morgan fingerprint density at radius 1 is 1.33 bits per heavy atom. The fraction of sp³-hybridized carbons (Fsp3) is 0.417. The summed E-state index contributed by atoms with van der Waals surface area (Å²) in [6.45, 7) is 0. The number of primary amides is 1. The van der Waals surface area contributed by atoms with Gasteiger partial charge in [-0.3, -0.25) is 4.79 Å². The zero-order valence-electron chi connectivity index (χ0n) is 8.70. The normalized spacial score (nSPS) is 17.4. The fourth-order valence-electron chi connectivity index (χ4n) is 1.89. The van der Waals surface area contributed by atoms with Gasteiger partial charge in [-0.05, 0) is 30.4 Å². The molecule has 1 aliphatic carbocycles. The molecule has 0 bridgehead atoms. The van der Waals surface area contributed by atoms with Crippen LogP contribution in [0.3, 0.4) is 0 Å². The molecule has 80 valence electrons. The van der Waals surface area contributed by atoms with Crippen molar-refractivity contribution < 1.29 is 4.79 Å². The van der Waals surface area contributed by atoms with E-state index in [0.29, 0.717) is 12.8 Å². The van der Waals surface area contributed by atoms with Gasteiger partial charge >= 0.3 is 0 Å². The van der Waals surface area contributed by atoms with E-state index in [1.807, 2.05) is 18.2 Å². The first-order valence-electron chi connectivity index (χ1n) is 5.27. The van der Waals surface area contributed by atoms with Gasteiger partial charge in [-0.2, -0.15) is 0 Å². The monoisotopic (exact) mass is 204 g/mol. The minimum Gasteiger partial charge on any atom is -0.370 e. The summed E-state index contributed by atoms with van der Waals surface area (Å²) in [5.41, 5.74) is 13.5. The average molecular weight is 204 g/mol. The first kappa shape index (κ1) is 10.2. The SMILES string of the molecule is NC(=O)CCc1ccccc1C1(N)CC1. The molecular weight excluding hydrogens is 188 g/mol. The topological polar surface area (TPSA) is 69.1 Å². The number of hydrogen-bond donors (Lipinski definition) is 2. The molecule has 3 nitrogen and oxygen atoms in total. The summed E-state index contributed by atoms with van der Waals surface area (Å²) in [5, 5.41) is 0. The van der Waals surface area contributed by atoms with E-state index in [2.05, 4.69) is 6.07 Å². The molecule has 1 amide bonds. The van der Waals surface area contributed by atoms with Gasteiger partial charge in [-0.15, -0.1) is 0 Å². The molecule has 15 heavy (non-hydrogen) atoms. The molecule has 1 saturated carbocycles. The molecule has 1 aromatic rings. The maximum absolute atomic E-state index is 10.7. The predicted octanol–water partition coefficient (Wildman–Crippen LogP) is 1.05. The Hall–Kier alpha value is -1.35. The quantitative estimate of drug-likeness (QED) is 0.769. The average Bonchev–Trinajstić information content (AvgIpc) is 2.95. The van der Waals surface area contributed by atoms with Crippen LogP contribution in [0.4, 0.5) is 0 Å².